The third kappa shape index (κ3) is 3.47. The summed E-state index contributed by atoms with van der Waals surface area (Å²) in [6.45, 7) is 0. The fraction of sp³-hybridized carbons (Fsp3) is 0. The Morgan fingerprint density at radius 1 is 0.750 bits per heavy atom. The molecule has 0 atom stereocenters. The number of nitrogens with one attached hydrogen (secondary N) is 1. The van der Waals surface area contributed by atoms with Gasteiger partial charge < -0.3 is 0 Å². The number of hydrogen-bond donors (Lipinski definition) is 1. The summed E-state index contributed by atoms with van der Waals surface area (Å²) >= 11 is 0. The molecule has 2 nitrogen and oxygen atoms in total. The molecule has 1 rings (SSSR count). The van der Waals surface area contributed by atoms with Gasteiger partial charge in [-0.05, 0) is 12.1 Å². The lowest BCUT2D eigenvalue weighted by molar-refractivity contribution is 0.336. The van der Waals surface area contributed by atoms with Crippen LogP contribution in [-0.2, 0) is 0 Å². The third-order valence-electron chi connectivity index (χ3n) is 1.88. The van der Waals surface area contributed by atoms with Gasteiger partial charge in [0.2, 0.25) is 0 Å². The molecule has 1 aromatic rings. The SMILES string of the molecule is N=Nc1cccc(S(F)(F)(F)(F)F)c1S(F)(F)(F)(F)F. The molecule has 0 aromatic heterocycles. The molecule has 1 N–H and O–H groups in total. The first-order valence-electron chi connectivity index (χ1n) is 4.14. The van der Waals surface area contributed by atoms with Gasteiger partial charge in [0.25, 0.3) is 0 Å². The molecule has 0 aliphatic heterocycles. The zero-order chi connectivity index (χ0) is 16.4. The van der Waals surface area contributed by atoms with Gasteiger partial charge in [0, 0.05) is 0 Å². The Labute approximate surface area is 104 Å². The maximum atomic E-state index is 12.6. The second-order valence-electron chi connectivity index (χ2n) is 3.65. The molecule has 0 aliphatic carbocycles. The summed E-state index contributed by atoms with van der Waals surface area (Å²) in [6, 6.07) is -0.843. The van der Waals surface area contributed by atoms with E-state index in [9.17, 15) is 38.9 Å². The highest BCUT2D eigenvalue weighted by Crippen LogP contribution is 3.10. The number of nitrogens with zero attached hydrogens (tertiary/aromatic N) is 1. The molecule has 0 saturated carbocycles. The van der Waals surface area contributed by atoms with E-state index in [4.69, 9.17) is 5.53 Å². The molecule has 14 heteroatoms. The molecule has 0 fully saturated rings. The summed E-state index contributed by atoms with van der Waals surface area (Å²) in [5, 5.41) is 1.83. The Hall–Kier alpha value is -1.18. The summed E-state index contributed by atoms with van der Waals surface area (Å²) in [5.41, 5.74) is 3.94. The second-order valence-corrected chi connectivity index (χ2v) is 8.38. The monoisotopic (exact) mass is 358 g/mol. The molecular weight excluding hydrogens is 354 g/mol. The largest absolute Gasteiger partial charge is 0.313 e. The Morgan fingerprint density at radius 3 is 1.50 bits per heavy atom. The van der Waals surface area contributed by atoms with Crippen LogP contribution in [-0.4, -0.2) is 0 Å². The van der Waals surface area contributed by atoms with E-state index in [2.05, 4.69) is 0 Å². The maximum absolute atomic E-state index is 12.6. The molecule has 20 heavy (non-hydrogen) atoms. The minimum atomic E-state index is -11.2. The zero-order valence-electron chi connectivity index (χ0n) is 8.78. The number of halogens is 10. The highest BCUT2D eigenvalue weighted by Gasteiger charge is 2.76. The molecule has 0 heterocycles. The Bertz CT molecular complexity index is 600. The average molecular weight is 358 g/mol. The average Bonchev–Trinajstić information content (AvgIpc) is 2.09. The van der Waals surface area contributed by atoms with Crippen molar-refractivity contribution >= 4 is 26.1 Å². The van der Waals surface area contributed by atoms with Crippen molar-refractivity contribution in [3.05, 3.63) is 18.2 Å². The van der Waals surface area contributed by atoms with Gasteiger partial charge in [0.15, 0.2) is 4.90 Å². The van der Waals surface area contributed by atoms with E-state index in [1.54, 1.807) is 0 Å². The number of hydrogen-bond acceptors (Lipinski definition) is 2. The van der Waals surface area contributed by atoms with Crippen molar-refractivity contribution in [2.24, 2.45) is 5.11 Å². The van der Waals surface area contributed by atoms with Crippen LogP contribution < -0.4 is 0 Å². The van der Waals surface area contributed by atoms with E-state index in [1.165, 1.54) is 0 Å². The van der Waals surface area contributed by atoms with E-state index in [0.717, 1.165) is 0 Å². The molecule has 120 valence electrons. The van der Waals surface area contributed by atoms with Crippen LogP contribution in [0.4, 0.5) is 44.5 Å². The lowest BCUT2D eigenvalue weighted by atomic mass is 10.3. The molecule has 0 amide bonds. The zero-order valence-corrected chi connectivity index (χ0v) is 10.4. The van der Waals surface area contributed by atoms with Gasteiger partial charge in [-0.25, -0.2) is 5.53 Å². The van der Waals surface area contributed by atoms with Crippen LogP contribution in [0.1, 0.15) is 0 Å². The first-order valence-corrected chi connectivity index (χ1v) is 8.05. The topological polar surface area (TPSA) is 36.2 Å². The van der Waals surface area contributed by atoms with Crippen LogP contribution in [0.25, 0.3) is 0 Å². The van der Waals surface area contributed by atoms with Crippen LogP contribution in [0.2, 0.25) is 0 Å². The minimum Gasteiger partial charge on any atom is -0.204 e. The van der Waals surface area contributed by atoms with Crippen molar-refractivity contribution in [2.45, 2.75) is 9.79 Å². The molecule has 0 saturated heterocycles. The van der Waals surface area contributed by atoms with Gasteiger partial charge >= 0.3 is 20.4 Å². The first kappa shape index (κ1) is 16.9. The number of rotatable bonds is 3. The third-order valence-corrected chi connectivity index (χ3v) is 4.38. The van der Waals surface area contributed by atoms with Crippen molar-refractivity contribution in [3.8, 4) is 0 Å². The Balaban J connectivity index is 4.13. The van der Waals surface area contributed by atoms with Crippen LogP contribution in [0.3, 0.4) is 0 Å². The van der Waals surface area contributed by atoms with E-state index in [-0.39, 0.29) is 12.1 Å². The van der Waals surface area contributed by atoms with Crippen molar-refractivity contribution in [1.29, 1.82) is 5.53 Å². The predicted octanol–water partition coefficient (Wildman–Crippen LogP) is 7.66. The van der Waals surface area contributed by atoms with Crippen LogP contribution in [0, 0.1) is 5.53 Å². The molecular formula is C6H4F10N2S2. The molecule has 0 bridgehead atoms. The van der Waals surface area contributed by atoms with E-state index >= 15 is 0 Å². The van der Waals surface area contributed by atoms with Crippen molar-refractivity contribution < 1.29 is 38.9 Å². The summed E-state index contributed by atoms with van der Waals surface area (Å²) in [6.07, 6.45) is 0. The van der Waals surface area contributed by atoms with Crippen molar-refractivity contribution in [3.63, 3.8) is 0 Å². The van der Waals surface area contributed by atoms with E-state index < -0.39 is 42.0 Å². The smallest absolute Gasteiger partial charge is 0.204 e. The van der Waals surface area contributed by atoms with Gasteiger partial charge in [-0.3, -0.25) is 0 Å². The normalized spacial score (nSPS) is 20.3. The molecule has 0 unspecified atom stereocenters. The quantitative estimate of drug-likeness (QED) is 0.425. The van der Waals surface area contributed by atoms with Gasteiger partial charge in [0.1, 0.15) is 10.6 Å². The Kier molecular flexibility index (Phi) is 2.43. The molecule has 0 aliphatic rings. The van der Waals surface area contributed by atoms with E-state index in [1.807, 2.05) is 5.11 Å². The van der Waals surface area contributed by atoms with Crippen LogP contribution in [0.5, 0.6) is 0 Å². The van der Waals surface area contributed by atoms with Gasteiger partial charge in [-0.1, -0.05) is 44.9 Å². The molecule has 0 radical (unpaired) electrons. The van der Waals surface area contributed by atoms with E-state index in [0.29, 0.717) is 0 Å². The highest BCUT2D eigenvalue weighted by molar-refractivity contribution is 8.48. The lowest BCUT2D eigenvalue weighted by Crippen LogP contribution is -2.16. The maximum Gasteiger partial charge on any atom is 0.313 e. The fourth-order valence-corrected chi connectivity index (χ4v) is 3.98. The summed E-state index contributed by atoms with van der Waals surface area (Å²) in [4.78, 5) is -7.71. The van der Waals surface area contributed by atoms with Crippen molar-refractivity contribution in [2.75, 3.05) is 0 Å². The predicted molar refractivity (Wildman–Crippen MR) is 54.0 cm³/mol. The Morgan fingerprint density at radius 2 is 1.20 bits per heavy atom. The fourth-order valence-electron chi connectivity index (χ4n) is 1.28. The van der Waals surface area contributed by atoms with Gasteiger partial charge in [-0.15, -0.1) is 0 Å². The molecule has 1 aromatic carbocycles. The lowest BCUT2D eigenvalue weighted by Gasteiger charge is -2.48. The minimum absolute atomic E-state index is 0.0214. The molecule has 0 spiro atoms. The second kappa shape index (κ2) is 2.88. The summed E-state index contributed by atoms with van der Waals surface area (Å²) in [5.74, 6) is 0. The highest BCUT2D eigenvalue weighted by atomic mass is 32.5. The van der Waals surface area contributed by atoms with Gasteiger partial charge in [0.05, 0.1) is 0 Å². The number of benzene rings is 1. The summed E-state index contributed by atoms with van der Waals surface area (Å²) < 4.78 is 125. The van der Waals surface area contributed by atoms with Crippen LogP contribution >= 0.6 is 20.4 Å². The van der Waals surface area contributed by atoms with Crippen molar-refractivity contribution in [1.82, 2.24) is 0 Å². The summed E-state index contributed by atoms with van der Waals surface area (Å²) in [7, 11) is -22.2. The van der Waals surface area contributed by atoms with Gasteiger partial charge in [-0.2, -0.15) is 5.11 Å². The standard InChI is InChI=1S/C6H4F10N2S2/c7-19(8,9,10,11)5-3-1-2-4(18-17)6(5)20(12,13,14,15)16/h1-3,17H. The van der Waals surface area contributed by atoms with Crippen LogP contribution in [0.15, 0.2) is 33.1 Å². The first-order chi connectivity index (χ1) is 8.15.